The maximum absolute atomic E-state index is 12.9. The van der Waals surface area contributed by atoms with Crippen LogP contribution in [0.15, 0.2) is 59.1 Å². The third-order valence-electron chi connectivity index (χ3n) is 5.28. The summed E-state index contributed by atoms with van der Waals surface area (Å²) in [5.41, 5.74) is 2.63. The molecule has 0 saturated heterocycles. The third-order valence-corrected chi connectivity index (χ3v) is 5.28. The van der Waals surface area contributed by atoms with Gasteiger partial charge in [-0.1, -0.05) is 35.5 Å². The summed E-state index contributed by atoms with van der Waals surface area (Å²) in [6, 6.07) is 16.3. The van der Waals surface area contributed by atoms with Crippen molar-refractivity contribution in [1.82, 2.24) is 10.1 Å². The Morgan fingerprint density at radius 3 is 2.24 bits per heavy atom. The van der Waals surface area contributed by atoms with Crippen LogP contribution >= 0.6 is 0 Å². The SMILES string of the molecule is Cc1noc(C)c1COc1ccc(C(=O)OCC(=O)N(Cc2ccccc2)C(C)(C)C)cc1. The standard InChI is InChI=1S/C26H30N2O5/c1-18-23(19(2)33-27-18)16-31-22-13-11-21(12-14-22)25(30)32-17-24(29)28(26(3,4)5)15-20-9-7-6-8-10-20/h6-14H,15-17H2,1-5H3. The van der Waals surface area contributed by atoms with E-state index in [1.165, 1.54) is 0 Å². The zero-order chi connectivity index (χ0) is 24.0. The minimum atomic E-state index is -0.561. The second-order valence-electron chi connectivity index (χ2n) is 8.83. The molecule has 0 aliphatic carbocycles. The van der Waals surface area contributed by atoms with Gasteiger partial charge in [-0.3, -0.25) is 4.79 Å². The third kappa shape index (κ3) is 6.44. The number of carbonyl (C=O) groups excluding carboxylic acids is 2. The summed E-state index contributed by atoms with van der Waals surface area (Å²) >= 11 is 0. The van der Waals surface area contributed by atoms with E-state index in [1.54, 1.807) is 29.2 Å². The first-order valence-corrected chi connectivity index (χ1v) is 10.8. The van der Waals surface area contributed by atoms with Crippen molar-refractivity contribution >= 4 is 11.9 Å². The van der Waals surface area contributed by atoms with E-state index in [9.17, 15) is 9.59 Å². The van der Waals surface area contributed by atoms with Crippen LogP contribution in [0.1, 0.15) is 53.7 Å². The molecule has 0 N–H and O–H groups in total. The van der Waals surface area contributed by atoms with E-state index < -0.39 is 11.5 Å². The molecule has 0 unspecified atom stereocenters. The van der Waals surface area contributed by atoms with Gasteiger partial charge in [0.1, 0.15) is 18.1 Å². The molecule has 7 nitrogen and oxygen atoms in total. The molecule has 1 heterocycles. The number of rotatable bonds is 8. The maximum Gasteiger partial charge on any atom is 0.338 e. The number of carbonyl (C=O) groups is 2. The van der Waals surface area contributed by atoms with Crippen LogP contribution in [0.4, 0.5) is 0 Å². The van der Waals surface area contributed by atoms with E-state index >= 15 is 0 Å². The van der Waals surface area contributed by atoms with Gasteiger partial charge < -0.3 is 18.9 Å². The van der Waals surface area contributed by atoms with E-state index in [0.717, 1.165) is 16.8 Å². The van der Waals surface area contributed by atoms with Crippen molar-refractivity contribution in [3.05, 3.63) is 82.7 Å². The summed E-state index contributed by atoms with van der Waals surface area (Å²) in [5, 5.41) is 3.90. The molecule has 0 aliphatic heterocycles. The molecule has 0 atom stereocenters. The number of amides is 1. The van der Waals surface area contributed by atoms with Gasteiger partial charge in [-0.2, -0.15) is 0 Å². The number of esters is 1. The number of benzene rings is 2. The fourth-order valence-electron chi connectivity index (χ4n) is 3.30. The van der Waals surface area contributed by atoms with E-state index in [4.69, 9.17) is 14.0 Å². The molecule has 0 aliphatic rings. The van der Waals surface area contributed by atoms with E-state index in [-0.39, 0.29) is 12.5 Å². The summed E-state index contributed by atoms with van der Waals surface area (Å²) in [4.78, 5) is 27.0. The van der Waals surface area contributed by atoms with Crippen molar-refractivity contribution in [1.29, 1.82) is 0 Å². The zero-order valence-electron chi connectivity index (χ0n) is 19.8. The first-order chi connectivity index (χ1) is 15.6. The Balaban J connectivity index is 1.56. The fraction of sp³-hybridized carbons (Fsp3) is 0.346. The first-order valence-electron chi connectivity index (χ1n) is 10.8. The molecule has 0 saturated carbocycles. The van der Waals surface area contributed by atoms with Crippen molar-refractivity contribution in [2.24, 2.45) is 0 Å². The van der Waals surface area contributed by atoms with Crippen LogP contribution in [0.2, 0.25) is 0 Å². The Bertz CT molecular complexity index is 1060. The minimum Gasteiger partial charge on any atom is -0.489 e. The summed E-state index contributed by atoms with van der Waals surface area (Å²) in [6.07, 6.45) is 0. The highest BCUT2D eigenvalue weighted by atomic mass is 16.5. The normalized spacial score (nSPS) is 11.2. The Kier molecular flexibility index (Phi) is 7.53. The predicted molar refractivity (Wildman–Crippen MR) is 124 cm³/mol. The van der Waals surface area contributed by atoms with Gasteiger partial charge in [-0.05, 0) is 64.4 Å². The van der Waals surface area contributed by atoms with Crippen LogP contribution in [0, 0.1) is 13.8 Å². The Labute approximate surface area is 194 Å². The molecular formula is C26H30N2O5. The van der Waals surface area contributed by atoms with Gasteiger partial charge in [0.05, 0.1) is 16.8 Å². The van der Waals surface area contributed by atoms with Gasteiger partial charge in [0.25, 0.3) is 5.91 Å². The smallest absolute Gasteiger partial charge is 0.338 e. The second kappa shape index (κ2) is 10.3. The van der Waals surface area contributed by atoms with Crippen molar-refractivity contribution in [3.8, 4) is 5.75 Å². The van der Waals surface area contributed by atoms with Gasteiger partial charge in [-0.15, -0.1) is 0 Å². The fourth-order valence-corrected chi connectivity index (χ4v) is 3.30. The molecule has 0 radical (unpaired) electrons. The summed E-state index contributed by atoms with van der Waals surface area (Å²) < 4.78 is 16.2. The van der Waals surface area contributed by atoms with Gasteiger partial charge in [0.15, 0.2) is 6.61 Å². The molecule has 174 valence electrons. The molecule has 2 aromatic carbocycles. The molecule has 3 rings (SSSR count). The van der Waals surface area contributed by atoms with Crippen molar-refractivity contribution in [2.75, 3.05) is 6.61 Å². The maximum atomic E-state index is 12.9. The topological polar surface area (TPSA) is 81.9 Å². The average molecular weight is 451 g/mol. The minimum absolute atomic E-state index is 0.251. The Morgan fingerprint density at radius 2 is 1.67 bits per heavy atom. The molecule has 0 spiro atoms. The van der Waals surface area contributed by atoms with Gasteiger partial charge >= 0.3 is 5.97 Å². The number of hydrogen-bond donors (Lipinski definition) is 0. The highest BCUT2D eigenvalue weighted by Crippen LogP contribution is 2.20. The van der Waals surface area contributed by atoms with E-state index in [2.05, 4.69) is 5.16 Å². The van der Waals surface area contributed by atoms with Crippen molar-refractivity contribution in [2.45, 2.75) is 53.3 Å². The second-order valence-corrected chi connectivity index (χ2v) is 8.83. The lowest BCUT2D eigenvalue weighted by molar-refractivity contribution is -0.140. The number of nitrogens with zero attached hydrogens (tertiary/aromatic N) is 2. The summed E-state index contributed by atoms with van der Waals surface area (Å²) in [6.45, 7) is 10.00. The molecular weight excluding hydrogens is 420 g/mol. The quantitative estimate of drug-likeness (QED) is 0.456. The van der Waals surface area contributed by atoms with Crippen LogP contribution in [0.5, 0.6) is 5.75 Å². The van der Waals surface area contributed by atoms with Crippen LogP contribution in [0.25, 0.3) is 0 Å². The number of aryl methyl sites for hydroxylation is 2. The van der Waals surface area contributed by atoms with Gasteiger partial charge in [0.2, 0.25) is 0 Å². The average Bonchev–Trinajstić information content (AvgIpc) is 3.11. The molecule has 0 bridgehead atoms. The summed E-state index contributed by atoms with van der Waals surface area (Å²) in [5.74, 6) is 0.506. The van der Waals surface area contributed by atoms with E-state index in [0.29, 0.717) is 30.2 Å². The lowest BCUT2D eigenvalue weighted by Gasteiger charge is -2.35. The van der Waals surface area contributed by atoms with Crippen LogP contribution in [-0.4, -0.2) is 34.1 Å². The van der Waals surface area contributed by atoms with E-state index in [1.807, 2.05) is 65.0 Å². The van der Waals surface area contributed by atoms with Crippen LogP contribution in [-0.2, 0) is 22.7 Å². The van der Waals surface area contributed by atoms with Crippen LogP contribution in [0.3, 0.4) is 0 Å². The highest BCUT2D eigenvalue weighted by Gasteiger charge is 2.27. The lowest BCUT2D eigenvalue weighted by Crippen LogP contribution is -2.46. The van der Waals surface area contributed by atoms with Crippen LogP contribution < -0.4 is 4.74 Å². The molecule has 1 amide bonds. The zero-order valence-corrected chi connectivity index (χ0v) is 19.8. The first kappa shape index (κ1) is 24.0. The number of ether oxygens (including phenoxy) is 2. The van der Waals surface area contributed by atoms with Crippen molar-refractivity contribution < 1.29 is 23.6 Å². The molecule has 33 heavy (non-hydrogen) atoms. The Morgan fingerprint density at radius 1 is 1.00 bits per heavy atom. The number of aromatic nitrogens is 1. The Hall–Kier alpha value is -3.61. The highest BCUT2D eigenvalue weighted by molar-refractivity contribution is 5.91. The molecule has 3 aromatic rings. The van der Waals surface area contributed by atoms with Gasteiger partial charge in [-0.25, -0.2) is 4.79 Å². The predicted octanol–water partition coefficient (Wildman–Crippen LogP) is 4.85. The van der Waals surface area contributed by atoms with Crippen molar-refractivity contribution in [3.63, 3.8) is 0 Å². The lowest BCUT2D eigenvalue weighted by atomic mass is 10.0. The monoisotopic (exact) mass is 450 g/mol. The molecule has 1 aromatic heterocycles. The largest absolute Gasteiger partial charge is 0.489 e. The molecule has 0 fully saturated rings. The number of hydrogen-bond acceptors (Lipinski definition) is 6. The summed E-state index contributed by atoms with van der Waals surface area (Å²) in [7, 11) is 0. The molecule has 7 heteroatoms. The van der Waals surface area contributed by atoms with Gasteiger partial charge in [0, 0.05) is 12.1 Å².